The van der Waals surface area contributed by atoms with Gasteiger partial charge in [-0.05, 0) is 31.6 Å². The Balaban J connectivity index is 3.98. The smallest absolute Gasteiger partial charge is 0.0297 e. The van der Waals surface area contributed by atoms with Crippen molar-refractivity contribution in [1.82, 2.24) is 0 Å². The summed E-state index contributed by atoms with van der Waals surface area (Å²) in [6.45, 7) is 11.6. The highest BCUT2D eigenvalue weighted by atomic mass is 14.3. The molecule has 0 saturated carbocycles. The van der Waals surface area contributed by atoms with Crippen molar-refractivity contribution in [3.8, 4) is 0 Å². The molecule has 0 N–H and O–H groups in total. The first-order valence-electron chi connectivity index (χ1n) is 9.54. The fourth-order valence-corrected chi connectivity index (χ4v) is 3.16. The maximum atomic E-state index is 4.66. The first-order chi connectivity index (χ1) is 9.68. The van der Waals surface area contributed by atoms with Gasteiger partial charge in [0.1, 0.15) is 0 Å². The molecule has 0 spiro atoms. The molecule has 0 bridgehead atoms. The Morgan fingerprint density at radius 3 is 1.05 bits per heavy atom. The van der Waals surface area contributed by atoms with Crippen molar-refractivity contribution in [1.29, 1.82) is 0 Å². The number of unbranched alkanes of at least 4 members (excludes halogenated alkanes) is 9. The van der Waals surface area contributed by atoms with Gasteiger partial charge in [-0.1, -0.05) is 97.8 Å². The Labute approximate surface area is 130 Å². The highest BCUT2D eigenvalue weighted by Gasteiger charge is 2.22. The van der Waals surface area contributed by atoms with Crippen molar-refractivity contribution in [2.75, 3.05) is 0 Å². The fraction of sp³-hybridized carbons (Fsp3) is 0.950. The summed E-state index contributed by atoms with van der Waals surface area (Å²) in [5, 5.41) is 0. The van der Waals surface area contributed by atoms with E-state index in [-0.39, 0.29) is 0 Å². The molecule has 0 aliphatic rings. The van der Waals surface area contributed by atoms with E-state index in [4.69, 9.17) is 0 Å². The van der Waals surface area contributed by atoms with E-state index < -0.39 is 0 Å². The van der Waals surface area contributed by atoms with Crippen LogP contribution in [-0.4, -0.2) is 0 Å². The molecule has 20 heavy (non-hydrogen) atoms. The third-order valence-electron chi connectivity index (χ3n) is 4.68. The van der Waals surface area contributed by atoms with Gasteiger partial charge in [0.25, 0.3) is 0 Å². The van der Waals surface area contributed by atoms with Crippen LogP contribution in [-0.2, 0) is 0 Å². The maximum absolute atomic E-state index is 4.66. The van der Waals surface area contributed by atoms with Gasteiger partial charge >= 0.3 is 0 Å². The predicted octanol–water partition coefficient (Wildman–Crippen LogP) is 7.72. The molecule has 0 atom stereocenters. The summed E-state index contributed by atoms with van der Waals surface area (Å²) in [6.07, 6.45) is 20.8. The van der Waals surface area contributed by atoms with Gasteiger partial charge in [-0.2, -0.15) is 0 Å². The fourth-order valence-electron chi connectivity index (χ4n) is 3.16. The van der Waals surface area contributed by atoms with Gasteiger partial charge < -0.3 is 0 Å². The van der Waals surface area contributed by atoms with Crippen molar-refractivity contribution < 1.29 is 0 Å². The Bertz CT molecular complexity index is 151. The second-order valence-corrected chi connectivity index (χ2v) is 6.93. The molecule has 0 nitrogen and oxygen atoms in total. The molecule has 0 unspecified atom stereocenters. The molecule has 0 rings (SSSR count). The molecule has 1 radical (unpaired) electrons. The van der Waals surface area contributed by atoms with Crippen LogP contribution in [0, 0.1) is 12.3 Å². The molecule has 0 saturated heterocycles. The van der Waals surface area contributed by atoms with Crippen molar-refractivity contribution in [3.63, 3.8) is 0 Å². The average Bonchev–Trinajstić information content (AvgIpc) is 2.45. The van der Waals surface area contributed by atoms with Gasteiger partial charge in [0.2, 0.25) is 0 Å². The quantitative estimate of drug-likeness (QED) is 0.269. The van der Waals surface area contributed by atoms with E-state index in [1.54, 1.807) is 0 Å². The van der Waals surface area contributed by atoms with Gasteiger partial charge in [0.15, 0.2) is 0 Å². The lowest BCUT2D eigenvalue weighted by Crippen LogP contribution is -2.17. The number of hydrogen-bond donors (Lipinski definition) is 0. The minimum atomic E-state index is 0.398. The molecule has 0 heterocycles. The van der Waals surface area contributed by atoms with Crippen LogP contribution in [0.15, 0.2) is 0 Å². The monoisotopic (exact) mass is 281 g/mol. The van der Waals surface area contributed by atoms with Crippen LogP contribution in [0.5, 0.6) is 0 Å². The van der Waals surface area contributed by atoms with Crippen molar-refractivity contribution in [2.45, 2.75) is 117 Å². The van der Waals surface area contributed by atoms with Crippen molar-refractivity contribution >= 4 is 0 Å². The van der Waals surface area contributed by atoms with Gasteiger partial charge in [-0.15, -0.1) is 0 Å². The standard InChI is InChI=1S/C20H41/c1-5-8-11-14-17-20(4,18-15-12-9-6-2)19-16-13-10-7-3/h4-19H2,1-3H3. The third kappa shape index (κ3) is 11.8. The summed E-state index contributed by atoms with van der Waals surface area (Å²) >= 11 is 0. The first-order valence-corrected chi connectivity index (χ1v) is 9.54. The molecule has 0 aromatic carbocycles. The molecule has 0 heteroatoms. The second kappa shape index (κ2) is 14.0. The average molecular weight is 282 g/mol. The summed E-state index contributed by atoms with van der Waals surface area (Å²) in [5.74, 6) is 0. The maximum Gasteiger partial charge on any atom is -0.0297 e. The van der Waals surface area contributed by atoms with Crippen LogP contribution >= 0.6 is 0 Å². The van der Waals surface area contributed by atoms with Crippen LogP contribution in [0.2, 0.25) is 0 Å². The zero-order valence-corrected chi connectivity index (χ0v) is 14.8. The lowest BCUT2D eigenvalue weighted by Gasteiger charge is -2.30. The van der Waals surface area contributed by atoms with E-state index >= 15 is 0 Å². The van der Waals surface area contributed by atoms with Gasteiger partial charge in [0, 0.05) is 0 Å². The molecular weight excluding hydrogens is 240 g/mol. The summed E-state index contributed by atoms with van der Waals surface area (Å²) in [6, 6.07) is 0. The van der Waals surface area contributed by atoms with Crippen molar-refractivity contribution in [2.24, 2.45) is 5.41 Å². The second-order valence-electron chi connectivity index (χ2n) is 6.93. The number of rotatable bonds is 15. The Kier molecular flexibility index (Phi) is 14.0. The van der Waals surface area contributed by atoms with E-state index in [0.717, 1.165) is 0 Å². The van der Waals surface area contributed by atoms with E-state index in [1.807, 2.05) is 0 Å². The zero-order valence-electron chi connectivity index (χ0n) is 14.8. The minimum Gasteiger partial charge on any atom is -0.0654 e. The molecule has 0 amide bonds. The highest BCUT2D eigenvalue weighted by molar-refractivity contribution is 4.82. The van der Waals surface area contributed by atoms with E-state index in [1.165, 1.54) is 96.3 Å². The molecule has 0 fully saturated rings. The van der Waals surface area contributed by atoms with E-state index in [9.17, 15) is 0 Å². The Hall–Kier alpha value is 0. The molecule has 121 valence electrons. The van der Waals surface area contributed by atoms with Crippen LogP contribution in [0.1, 0.15) is 117 Å². The zero-order chi connectivity index (χ0) is 15.1. The summed E-state index contributed by atoms with van der Waals surface area (Å²) in [7, 11) is 0. The Morgan fingerprint density at radius 1 is 0.500 bits per heavy atom. The van der Waals surface area contributed by atoms with Crippen LogP contribution < -0.4 is 0 Å². The third-order valence-corrected chi connectivity index (χ3v) is 4.68. The van der Waals surface area contributed by atoms with Crippen LogP contribution in [0.25, 0.3) is 0 Å². The number of hydrogen-bond acceptors (Lipinski definition) is 0. The lowest BCUT2D eigenvalue weighted by molar-refractivity contribution is 0.261. The van der Waals surface area contributed by atoms with Crippen molar-refractivity contribution in [3.05, 3.63) is 6.92 Å². The molecular formula is C20H41. The van der Waals surface area contributed by atoms with Gasteiger partial charge in [0.05, 0.1) is 0 Å². The highest BCUT2D eigenvalue weighted by Crippen LogP contribution is 2.36. The topological polar surface area (TPSA) is 0 Å². The first kappa shape index (κ1) is 20.0. The summed E-state index contributed by atoms with van der Waals surface area (Å²) < 4.78 is 0. The largest absolute Gasteiger partial charge is 0.0654 e. The molecule has 0 aliphatic carbocycles. The van der Waals surface area contributed by atoms with E-state index in [0.29, 0.717) is 5.41 Å². The molecule has 0 aromatic heterocycles. The molecule has 0 aromatic rings. The Morgan fingerprint density at radius 2 is 0.800 bits per heavy atom. The predicted molar refractivity (Wildman–Crippen MR) is 94.1 cm³/mol. The summed E-state index contributed by atoms with van der Waals surface area (Å²) in [5.41, 5.74) is 0.398. The van der Waals surface area contributed by atoms with Gasteiger partial charge in [-0.3, -0.25) is 0 Å². The normalized spacial score (nSPS) is 12.0. The van der Waals surface area contributed by atoms with Crippen LogP contribution in [0.3, 0.4) is 0 Å². The summed E-state index contributed by atoms with van der Waals surface area (Å²) in [4.78, 5) is 0. The lowest BCUT2D eigenvalue weighted by atomic mass is 9.76. The molecule has 0 aliphatic heterocycles. The van der Waals surface area contributed by atoms with Crippen LogP contribution in [0.4, 0.5) is 0 Å². The SMILES string of the molecule is [CH2]C(CCCCCC)(CCCCCC)CCCCCC. The van der Waals surface area contributed by atoms with E-state index in [2.05, 4.69) is 27.7 Å². The van der Waals surface area contributed by atoms with Gasteiger partial charge in [-0.25, -0.2) is 0 Å². The minimum absolute atomic E-state index is 0.398.